The van der Waals surface area contributed by atoms with Crippen LogP contribution in [-0.2, 0) is 0 Å². The molecule has 1 aliphatic rings. The molecule has 0 saturated heterocycles. The smallest absolute Gasteiger partial charge is 0.223 e. The van der Waals surface area contributed by atoms with Crippen LogP contribution in [0.1, 0.15) is 6.42 Å². The number of hydrogen-bond donors (Lipinski definition) is 5. The third kappa shape index (κ3) is 4.14. The molecule has 0 spiro atoms. The lowest BCUT2D eigenvalue weighted by Gasteiger charge is -2.19. The Bertz CT molecular complexity index is 855. The third-order valence-corrected chi connectivity index (χ3v) is 4.59. The van der Waals surface area contributed by atoms with E-state index in [9.17, 15) is 19.7 Å². The van der Waals surface area contributed by atoms with Gasteiger partial charge in [-0.3, -0.25) is 0 Å². The van der Waals surface area contributed by atoms with E-state index in [1.54, 1.807) is 6.07 Å². The number of azo groups is 1. The number of aliphatic hydroxyl groups is 3. The molecule has 0 amide bonds. The minimum absolute atomic E-state index is 0.00302. The number of aromatic nitrogens is 2. The van der Waals surface area contributed by atoms with Crippen LogP contribution >= 0.6 is 11.6 Å². The lowest BCUT2D eigenvalue weighted by atomic mass is 10.1. The molecule has 1 aromatic carbocycles. The summed E-state index contributed by atoms with van der Waals surface area (Å²) in [5, 5.41) is 39.9. The van der Waals surface area contributed by atoms with Crippen molar-refractivity contribution in [2.45, 2.75) is 24.7 Å². The van der Waals surface area contributed by atoms with Crippen molar-refractivity contribution in [3.8, 4) is 0 Å². The summed E-state index contributed by atoms with van der Waals surface area (Å²) in [7, 11) is 0. The van der Waals surface area contributed by atoms with Gasteiger partial charge >= 0.3 is 0 Å². The van der Waals surface area contributed by atoms with E-state index in [-0.39, 0.29) is 41.3 Å². The highest BCUT2D eigenvalue weighted by atomic mass is 35.5. The van der Waals surface area contributed by atoms with Crippen molar-refractivity contribution in [1.82, 2.24) is 9.97 Å². The number of hydrogen-bond acceptors (Lipinski definition) is 9. The Morgan fingerprint density at radius 1 is 1.22 bits per heavy atom. The first kappa shape index (κ1) is 19.4. The molecule has 3 rings (SSSR count). The number of nitrogens with zero attached hydrogens (tertiary/aromatic N) is 4. The largest absolute Gasteiger partial charge is 0.396 e. The minimum Gasteiger partial charge on any atom is -0.396 e. The van der Waals surface area contributed by atoms with Crippen LogP contribution in [0.5, 0.6) is 0 Å². The molecule has 1 aliphatic carbocycles. The predicted molar refractivity (Wildman–Crippen MR) is 96.6 cm³/mol. The van der Waals surface area contributed by atoms with Crippen LogP contribution in [0.4, 0.5) is 27.5 Å². The van der Waals surface area contributed by atoms with E-state index < -0.39 is 30.0 Å². The molecule has 27 heavy (non-hydrogen) atoms. The van der Waals surface area contributed by atoms with Gasteiger partial charge in [-0.2, -0.15) is 9.97 Å². The van der Waals surface area contributed by atoms with Crippen LogP contribution in [0.2, 0.25) is 5.15 Å². The Labute approximate surface area is 158 Å². The van der Waals surface area contributed by atoms with Gasteiger partial charge in [-0.25, -0.2) is 4.39 Å². The zero-order valence-corrected chi connectivity index (χ0v) is 14.8. The molecule has 144 valence electrons. The van der Waals surface area contributed by atoms with Crippen molar-refractivity contribution in [2.75, 3.05) is 17.7 Å². The molecule has 1 aromatic heterocycles. The number of anilines is 2. The second kappa shape index (κ2) is 8.09. The standard InChI is InChI=1S/C16H18ClFN6O3/c17-14-11(24-23-9-4-2-1-3-8(9)18)15(22-16(19)21-14)20-10-5-7(6-25)12(26)13(10)27/h1-4,7,10,12-13,25-27H,5-6H2,(H3,19,20,21,22)/t7-,10-,12-,13+/m1/s1. The average molecular weight is 397 g/mol. The van der Waals surface area contributed by atoms with Crippen LogP contribution in [0.15, 0.2) is 34.5 Å². The third-order valence-electron chi connectivity index (χ3n) is 4.33. The molecule has 2 aromatic rings. The minimum atomic E-state index is -1.14. The lowest BCUT2D eigenvalue weighted by Crippen LogP contribution is -2.35. The summed E-state index contributed by atoms with van der Waals surface area (Å²) in [6, 6.07) is 5.15. The van der Waals surface area contributed by atoms with Crippen molar-refractivity contribution in [1.29, 1.82) is 0 Å². The molecule has 0 bridgehead atoms. The summed E-state index contributed by atoms with van der Waals surface area (Å²) < 4.78 is 13.7. The van der Waals surface area contributed by atoms with Gasteiger partial charge < -0.3 is 26.4 Å². The molecule has 9 nitrogen and oxygen atoms in total. The zero-order chi connectivity index (χ0) is 19.6. The molecule has 6 N–H and O–H groups in total. The Hall–Kier alpha value is -2.40. The average Bonchev–Trinajstić information content (AvgIpc) is 2.90. The van der Waals surface area contributed by atoms with E-state index in [4.69, 9.17) is 17.3 Å². The fraction of sp³-hybridized carbons (Fsp3) is 0.375. The molecule has 1 saturated carbocycles. The summed E-state index contributed by atoms with van der Waals surface area (Å²) in [4.78, 5) is 7.81. The van der Waals surface area contributed by atoms with Gasteiger partial charge in [0.15, 0.2) is 22.5 Å². The number of nitrogens with one attached hydrogen (secondary N) is 1. The van der Waals surface area contributed by atoms with Crippen LogP contribution in [0, 0.1) is 11.7 Å². The van der Waals surface area contributed by atoms with Gasteiger partial charge in [-0.05, 0) is 18.6 Å². The highest BCUT2D eigenvalue weighted by molar-refractivity contribution is 6.32. The van der Waals surface area contributed by atoms with Gasteiger partial charge in [-0.15, -0.1) is 10.2 Å². The highest BCUT2D eigenvalue weighted by Gasteiger charge is 2.41. The summed E-state index contributed by atoms with van der Waals surface area (Å²) >= 11 is 6.08. The predicted octanol–water partition coefficient (Wildman–Crippen LogP) is 1.78. The van der Waals surface area contributed by atoms with Crippen LogP contribution < -0.4 is 11.1 Å². The van der Waals surface area contributed by atoms with E-state index in [1.165, 1.54) is 18.2 Å². The number of nitrogen functional groups attached to an aromatic ring is 1. The fourth-order valence-corrected chi connectivity index (χ4v) is 3.11. The van der Waals surface area contributed by atoms with Gasteiger partial charge in [0.2, 0.25) is 5.95 Å². The van der Waals surface area contributed by atoms with E-state index in [2.05, 4.69) is 25.5 Å². The summed E-state index contributed by atoms with van der Waals surface area (Å²) in [6.07, 6.45) is -1.95. The second-order valence-corrected chi connectivity index (χ2v) is 6.49. The lowest BCUT2D eigenvalue weighted by molar-refractivity contribution is 0.00446. The van der Waals surface area contributed by atoms with E-state index in [0.717, 1.165) is 0 Å². The van der Waals surface area contributed by atoms with Crippen LogP contribution in [0.25, 0.3) is 0 Å². The first-order valence-electron chi connectivity index (χ1n) is 8.13. The topological polar surface area (TPSA) is 149 Å². The zero-order valence-electron chi connectivity index (χ0n) is 14.0. The number of halogens is 2. The van der Waals surface area contributed by atoms with Gasteiger partial charge in [-0.1, -0.05) is 23.7 Å². The Morgan fingerprint density at radius 2 is 1.96 bits per heavy atom. The Morgan fingerprint density at radius 3 is 2.63 bits per heavy atom. The van der Waals surface area contributed by atoms with Crippen LogP contribution in [0.3, 0.4) is 0 Å². The maximum Gasteiger partial charge on any atom is 0.223 e. The first-order valence-corrected chi connectivity index (χ1v) is 8.51. The maximum atomic E-state index is 13.7. The normalized spacial score (nSPS) is 25.2. The second-order valence-electron chi connectivity index (χ2n) is 6.13. The highest BCUT2D eigenvalue weighted by Crippen LogP contribution is 2.36. The SMILES string of the molecule is Nc1nc(Cl)c(N=Nc2ccccc2F)c(N[C@@H]2C[C@H](CO)[C@@H](O)[C@H]2O)n1. The number of nitrogens with two attached hydrogens (primary N) is 1. The van der Waals surface area contributed by atoms with E-state index in [1.807, 2.05) is 0 Å². The molecule has 1 heterocycles. The number of benzene rings is 1. The van der Waals surface area contributed by atoms with Crippen molar-refractivity contribution < 1.29 is 19.7 Å². The van der Waals surface area contributed by atoms with Crippen molar-refractivity contribution in [2.24, 2.45) is 16.1 Å². The molecule has 0 aliphatic heterocycles. The van der Waals surface area contributed by atoms with Gasteiger partial charge in [0.25, 0.3) is 0 Å². The van der Waals surface area contributed by atoms with E-state index >= 15 is 0 Å². The molecular weight excluding hydrogens is 379 g/mol. The van der Waals surface area contributed by atoms with Crippen molar-refractivity contribution >= 4 is 34.7 Å². The maximum absolute atomic E-state index is 13.7. The molecule has 0 radical (unpaired) electrons. The first-order chi connectivity index (χ1) is 12.9. The summed E-state index contributed by atoms with van der Waals surface area (Å²) in [5.74, 6) is -1.12. The molecule has 11 heteroatoms. The Balaban J connectivity index is 1.91. The molecule has 4 atom stereocenters. The molecule has 0 unspecified atom stereocenters. The van der Waals surface area contributed by atoms with Gasteiger partial charge in [0.05, 0.1) is 12.1 Å². The number of aliphatic hydroxyl groups excluding tert-OH is 3. The molecular formula is C16H18ClFN6O3. The van der Waals surface area contributed by atoms with Crippen LogP contribution in [-0.4, -0.2) is 50.1 Å². The van der Waals surface area contributed by atoms with Crippen molar-refractivity contribution in [3.05, 3.63) is 35.2 Å². The van der Waals surface area contributed by atoms with Gasteiger partial charge in [0.1, 0.15) is 11.8 Å². The molecule has 1 fully saturated rings. The van der Waals surface area contributed by atoms with Gasteiger partial charge in [0, 0.05) is 12.5 Å². The number of rotatable bonds is 5. The fourth-order valence-electron chi connectivity index (χ4n) is 2.89. The monoisotopic (exact) mass is 396 g/mol. The Kier molecular flexibility index (Phi) is 5.80. The quantitative estimate of drug-likeness (QED) is 0.382. The van der Waals surface area contributed by atoms with Crippen molar-refractivity contribution in [3.63, 3.8) is 0 Å². The van der Waals surface area contributed by atoms with E-state index in [0.29, 0.717) is 0 Å². The summed E-state index contributed by atoms with van der Waals surface area (Å²) in [6.45, 7) is -0.275. The summed E-state index contributed by atoms with van der Waals surface area (Å²) in [5.41, 5.74) is 5.62.